The van der Waals surface area contributed by atoms with Crippen LogP contribution in [0.5, 0.6) is 0 Å². The Kier molecular flexibility index (Phi) is 4.58. The zero-order valence-corrected chi connectivity index (χ0v) is 12.9. The maximum Gasteiger partial charge on any atom is 0.293 e. The van der Waals surface area contributed by atoms with Gasteiger partial charge in [0.2, 0.25) is 0 Å². The molecule has 0 bridgehead atoms. The Morgan fingerprint density at radius 1 is 1.33 bits per heavy atom. The summed E-state index contributed by atoms with van der Waals surface area (Å²) in [6.45, 7) is 5.47. The van der Waals surface area contributed by atoms with E-state index in [1.807, 2.05) is 4.57 Å². The Bertz CT molecular complexity index is 523. The van der Waals surface area contributed by atoms with Crippen molar-refractivity contribution >= 4 is 5.82 Å². The van der Waals surface area contributed by atoms with Gasteiger partial charge in [0.25, 0.3) is 5.56 Å². The van der Waals surface area contributed by atoms with Gasteiger partial charge in [0, 0.05) is 37.6 Å². The maximum atomic E-state index is 12.2. The van der Waals surface area contributed by atoms with Gasteiger partial charge in [0.15, 0.2) is 5.82 Å². The number of aromatic nitrogens is 2. The third-order valence-electron chi connectivity index (χ3n) is 4.66. The van der Waals surface area contributed by atoms with Crippen LogP contribution in [0, 0.1) is 0 Å². The molecular weight excluding hydrogens is 264 g/mol. The molecule has 0 radical (unpaired) electrons. The highest BCUT2D eigenvalue weighted by molar-refractivity contribution is 5.31. The molecule has 2 aliphatic rings. The summed E-state index contributed by atoms with van der Waals surface area (Å²) >= 11 is 0. The van der Waals surface area contributed by atoms with Gasteiger partial charge >= 0.3 is 0 Å². The van der Waals surface area contributed by atoms with E-state index in [9.17, 15) is 4.79 Å². The fourth-order valence-corrected chi connectivity index (χ4v) is 3.17. The van der Waals surface area contributed by atoms with Gasteiger partial charge in [-0.3, -0.25) is 4.79 Å². The number of nitrogens with zero attached hydrogens (tertiary/aromatic N) is 3. The molecule has 1 aliphatic carbocycles. The summed E-state index contributed by atoms with van der Waals surface area (Å²) in [4.78, 5) is 19.0. The SMILES string of the molecule is CC1CCCCN1CCCNc1nccn(C2CC2)c1=O. The van der Waals surface area contributed by atoms with Crippen LogP contribution in [0.3, 0.4) is 0 Å². The summed E-state index contributed by atoms with van der Waals surface area (Å²) in [5.41, 5.74) is 0.0336. The highest BCUT2D eigenvalue weighted by atomic mass is 16.1. The van der Waals surface area contributed by atoms with E-state index in [0.29, 0.717) is 17.9 Å². The Morgan fingerprint density at radius 3 is 2.95 bits per heavy atom. The minimum absolute atomic E-state index is 0.0336. The van der Waals surface area contributed by atoms with E-state index < -0.39 is 0 Å². The topological polar surface area (TPSA) is 50.2 Å². The standard InChI is InChI=1S/C16H26N4O/c1-13-5-2-3-10-19(13)11-4-8-17-15-16(21)20(12-9-18-15)14-6-7-14/h9,12-14H,2-8,10-11H2,1H3,(H,17,18). The Hall–Kier alpha value is -1.36. The monoisotopic (exact) mass is 290 g/mol. The lowest BCUT2D eigenvalue weighted by Gasteiger charge is -2.33. The number of piperidine rings is 1. The van der Waals surface area contributed by atoms with Crippen molar-refractivity contribution in [2.75, 3.05) is 25.0 Å². The maximum absolute atomic E-state index is 12.2. The number of rotatable bonds is 6. The molecule has 1 N–H and O–H groups in total. The van der Waals surface area contributed by atoms with Crippen molar-refractivity contribution in [2.24, 2.45) is 0 Å². The second kappa shape index (κ2) is 6.60. The Morgan fingerprint density at radius 2 is 2.19 bits per heavy atom. The molecule has 1 aromatic heterocycles. The number of nitrogens with one attached hydrogen (secondary N) is 1. The zero-order chi connectivity index (χ0) is 14.7. The van der Waals surface area contributed by atoms with Crippen molar-refractivity contribution in [1.29, 1.82) is 0 Å². The molecule has 1 aromatic rings. The third kappa shape index (κ3) is 3.64. The fourth-order valence-electron chi connectivity index (χ4n) is 3.17. The lowest BCUT2D eigenvalue weighted by atomic mass is 10.0. The van der Waals surface area contributed by atoms with Crippen molar-refractivity contribution in [3.8, 4) is 0 Å². The van der Waals surface area contributed by atoms with Crippen molar-refractivity contribution in [3.05, 3.63) is 22.7 Å². The van der Waals surface area contributed by atoms with Crippen LogP contribution in [0.1, 0.15) is 51.5 Å². The molecule has 1 saturated carbocycles. The number of likely N-dealkylation sites (tertiary alicyclic amines) is 1. The summed E-state index contributed by atoms with van der Waals surface area (Å²) in [6, 6.07) is 1.12. The highest BCUT2D eigenvalue weighted by Crippen LogP contribution is 2.33. The molecule has 2 fully saturated rings. The Balaban J connectivity index is 1.47. The smallest absolute Gasteiger partial charge is 0.293 e. The van der Waals surface area contributed by atoms with E-state index in [-0.39, 0.29) is 5.56 Å². The van der Waals surface area contributed by atoms with Crippen LogP contribution in [0.2, 0.25) is 0 Å². The van der Waals surface area contributed by atoms with E-state index in [2.05, 4.69) is 22.1 Å². The summed E-state index contributed by atoms with van der Waals surface area (Å²) in [6.07, 6.45) is 10.8. The van der Waals surface area contributed by atoms with E-state index >= 15 is 0 Å². The first-order chi connectivity index (χ1) is 10.3. The molecule has 1 saturated heterocycles. The molecule has 2 heterocycles. The van der Waals surface area contributed by atoms with Gasteiger partial charge in [-0.25, -0.2) is 4.98 Å². The molecule has 116 valence electrons. The molecule has 0 amide bonds. The Labute approximate surface area is 126 Å². The van der Waals surface area contributed by atoms with Gasteiger partial charge < -0.3 is 14.8 Å². The molecule has 0 aromatic carbocycles. The normalized spacial score (nSPS) is 23.2. The number of hydrogen-bond donors (Lipinski definition) is 1. The summed E-state index contributed by atoms with van der Waals surface area (Å²) in [7, 11) is 0. The predicted octanol–water partition coefficient (Wildman–Crippen LogP) is 2.25. The molecule has 0 spiro atoms. The van der Waals surface area contributed by atoms with Crippen LogP contribution < -0.4 is 10.9 Å². The van der Waals surface area contributed by atoms with E-state index in [0.717, 1.165) is 32.4 Å². The van der Waals surface area contributed by atoms with Crippen LogP contribution >= 0.6 is 0 Å². The van der Waals surface area contributed by atoms with Crippen molar-refractivity contribution in [2.45, 2.75) is 57.5 Å². The average Bonchev–Trinajstić information content (AvgIpc) is 3.31. The second-order valence-corrected chi connectivity index (χ2v) is 6.38. The first-order valence-corrected chi connectivity index (χ1v) is 8.31. The van der Waals surface area contributed by atoms with Crippen molar-refractivity contribution in [1.82, 2.24) is 14.5 Å². The lowest BCUT2D eigenvalue weighted by Crippen LogP contribution is -2.38. The van der Waals surface area contributed by atoms with Crippen LogP contribution in [0.15, 0.2) is 17.2 Å². The van der Waals surface area contributed by atoms with Gasteiger partial charge in [0.05, 0.1) is 0 Å². The molecule has 1 aliphatic heterocycles. The van der Waals surface area contributed by atoms with Crippen LogP contribution in [-0.4, -0.2) is 40.1 Å². The van der Waals surface area contributed by atoms with Gasteiger partial charge in [-0.2, -0.15) is 0 Å². The predicted molar refractivity (Wildman–Crippen MR) is 84.8 cm³/mol. The first kappa shape index (κ1) is 14.6. The molecule has 3 rings (SSSR count). The summed E-state index contributed by atoms with van der Waals surface area (Å²) < 4.78 is 1.82. The minimum atomic E-state index is 0.0336. The van der Waals surface area contributed by atoms with Gasteiger partial charge in [-0.15, -0.1) is 0 Å². The number of anilines is 1. The van der Waals surface area contributed by atoms with Gasteiger partial charge in [-0.1, -0.05) is 6.42 Å². The fraction of sp³-hybridized carbons (Fsp3) is 0.750. The molecule has 1 unspecified atom stereocenters. The highest BCUT2D eigenvalue weighted by Gasteiger charge is 2.25. The summed E-state index contributed by atoms with van der Waals surface area (Å²) in [5.74, 6) is 0.510. The van der Waals surface area contributed by atoms with Gasteiger partial charge in [0.1, 0.15) is 0 Å². The van der Waals surface area contributed by atoms with E-state index in [1.165, 1.54) is 25.8 Å². The quantitative estimate of drug-likeness (QED) is 0.817. The van der Waals surface area contributed by atoms with E-state index in [4.69, 9.17) is 0 Å². The van der Waals surface area contributed by atoms with Crippen LogP contribution in [-0.2, 0) is 0 Å². The molecule has 21 heavy (non-hydrogen) atoms. The zero-order valence-electron chi connectivity index (χ0n) is 12.9. The van der Waals surface area contributed by atoms with Crippen molar-refractivity contribution in [3.63, 3.8) is 0 Å². The third-order valence-corrected chi connectivity index (χ3v) is 4.66. The van der Waals surface area contributed by atoms with Gasteiger partial charge in [-0.05, 0) is 45.6 Å². The largest absolute Gasteiger partial charge is 0.365 e. The number of hydrogen-bond acceptors (Lipinski definition) is 4. The van der Waals surface area contributed by atoms with Crippen molar-refractivity contribution < 1.29 is 0 Å². The molecule has 5 nitrogen and oxygen atoms in total. The van der Waals surface area contributed by atoms with E-state index in [1.54, 1.807) is 12.4 Å². The lowest BCUT2D eigenvalue weighted by molar-refractivity contribution is 0.160. The summed E-state index contributed by atoms with van der Waals surface area (Å²) in [5, 5.41) is 3.22. The van der Waals surface area contributed by atoms with Crippen LogP contribution in [0.4, 0.5) is 5.82 Å². The molecule has 5 heteroatoms. The van der Waals surface area contributed by atoms with Crippen LogP contribution in [0.25, 0.3) is 0 Å². The first-order valence-electron chi connectivity index (χ1n) is 8.31. The second-order valence-electron chi connectivity index (χ2n) is 6.38. The molecular formula is C16H26N4O. The molecule has 1 atom stereocenters. The average molecular weight is 290 g/mol. The minimum Gasteiger partial charge on any atom is -0.365 e.